The molecule has 13 heteroatoms. The van der Waals surface area contributed by atoms with Gasteiger partial charge in [-0.1, -0.05) is 48.0 Å². The molecule has 0 radical (unpaired) electrons. The first kappa shape index (κ1) is 30.7. The van der Waals surface area contributed by atoms with Gasteiger partial charge in [-0.15, -0.1) is 0 Å². The highest BCUT2D eigenvalue weighted by atomic mass is 35.5. The van der Waals surface area contributed by atoms with Crippen LogP contribution in [0, 0.1) is 0 Å². The van der Waals surface area contributed by atoms with Gasteiger partial charge in [0.25, 0.3) is 5.88 Å². The molecule has 0 unspecified atom stereocenters. The number of rotatable bonds is 7. The Hall–Kier alpha value is -6.66. The Morgan fingerprint density at radius 2 is 1.54 bits per heavy atom. The number of aromatic hydroxyl groups is 1. The van der Waals surface area contributed by atoms with Crippen LogP contribution in [-0.2, 0) is 6.54 Å². The highest BCUT2D eigenvalue weighted by Crippen LogP contribution is 2.37. The van der Waals surface area contributed by atoms with Crippen LogP contribution < -0.4 is 16.2 Å². The zero-order valence-corrected chi connectivity index (χ0v) is 27.2. The first-order valence-corrected chi connectivity index (χ1v) is 15.8. The van der Waals surface area contributed by atoms with E-state index in [-0.39, 0.29) is 17.5 Å². The molecule has 5 heterocycles. The van der Waals surface area contributed by atoms with Crippen molar-refractivity contribution in [1.82, 2.24) is 39.7 Å². The van der Waals surface area contributed by atoms with E-state index in [1.165, 1.54) is 6.20 Å². The van der Waals surface area contributed by atoms with Gasteiger partial charge in [-0.2, -0.15) is 5.10 Å². The van der Waals surface area contributed by atoms with E-state index in [4.69, 9.17) is 32.9 Å². The van der Waals surface area contributed by atoms with Crippen molar-refractivity contribution in [3.05, 3.63) is 114 Å². The molecule has 0 aliphatic heterocycles. The predicted molar refractivity (Wildman–Crippen MR) is 193 cm³/mol. The van der Waals surface area contributed by atoms with E-state index in [0.717, 1.165) is 33.0 Å². The van der Waals surface area contributed by atoms with E-state index in [1.807, 2.05) is 79.0 Å². The minimum atomic E-state index is -0.359. The van der Waals surface area contributed by atoms with Crippen molar-refractivity contribution >= 4 is 45.0 Å². The van der Waals surface area contributed by atoms with E-state index in [2.05, 4.69) is 29.9 Å². The maximum atomic E-state index is 10.4. The van der Waals surface area contributed by atoms with E-state index in [9.17, 15) is 5.11 Å². The zero-order chi connectivity index (χ0) is 34.4. The molecule has 0 bridgehead atoms. The van der Waals surface area contributed by atoms with Crippen molar-refractivity contribution in [3.63, 3.8) is 0 Å². The van der Waals surface area contributed by atoms with Gasteiger partial charge < -0.3 is 21.3 Å². The van der Waals surface area contributed by atoms with Gasteiger partial charge in [0.1, 0.15) is 34.2 Å². The fraction of sp³-hybridized carbons (Fsp3) is 0.0541. The molecule has 8 rings (SSSR count). The quantitative estimate of drug-likeness (QED) is 0.161. The number of aromatic nitrogens is 8. The summed E-state index contributed by atoms with van der Waals surface area (Å²) in [6.45, 7) is 0.406. The van der Waals surface area contributed by atoms with E-state index in [0.29, 0.717) is 56.9 Å². The van der Waals surface area contributed by atoms with E-state index >= 15 is 0 Å². The van der Waals surface area contributed by atoms with Gasteiger partial charge in [-0.25, -0.2) is 15.0 Å². The topological polar surface area (TPSA) is 177 Å². The van der Waals surface area contributed by atoms with Crippen molar-refractivity contribution < 1.29 is 9.84 Å². The van der Waals surface area contributed by atoms with Gasteiger partial charge in [-0.3, -0.25) is 19.6 Å². The summed E-state index contributed by atoms with van der Waals surface area (Å²) in [6.07, 6.45) is 6.88. The van der Waals surface area contributed by atoms with Crippen LogP contribution in [-0.4, -0.2) is 51.9 Å². The van der Waals surface area contributed by atoms with Crippen LogP contribution in [0.15, 0.2) is 104 Å². The molecule has 0 saturated carbocycles. The number of nitrogens with zero attached hydrogens (tertiary/aromatic N) is 8. The summed E-state index contributed by atoms with van der Waals surface area (Å²) in [5.41, 5.74) is 19.2. The number of hydrogen-bond acceptors (Lipinski definition) is 11. The molecule has 5 aromatic heterocycles. The lowest BCUT2D eigenvalue weighted by Gasteiger charge is -2.12. The maximum Gasteiger partial charge on any atom is 0.255 e. The van der Waals surface area contributed by atoms with Crippen LogP contribution >= 0.6 is 11.6 Å². The number of pyridine rings is 2. The summed E-state index contributed by atoms with van der Waals surface area (Å²) >= 11 is 6.74. The molecule has 0 atom stereocenters. The third-order valence-electron chi connectivity index (χ3n) is 8.20. The summed E-state index contributed by atoms with van der Waals surface area (Å²) in [5.74, 6) is 0.472. The van der Waals surface area contributed by atoms with Gasteiger partial charge in [0.2, 0.25) is 0 Å². The van der Waals surface area contributed by atoms with Crippen molar-refractivity contribution in [2.75, 3.05) is 18.6 Å². The van der Waals surface area contributed by atoms with Gasteiger partial charge in [-0.05, 0) is 48.0 Å². The molecule has 8 aromatic rings. The Kier molecular flexibility index (Phi) is 7.61. The third-order valence-corrected chi connectivity index (χ3v) is 8.49. The largest absolute Gasteiger partial charge is 0.494 e. The van der Waals surface area contributed by atoms with Gasteiger partial charge in [0, 0.05) is 46.1 Å². The second-order valence-corrected chi connectivity index (χ2v) is 11.9. The van der Waals surface area contributed by atoms with Gasteiger partial charge in [0.05, 0.1) is 41.8 Å². The SMILES string of the molecule is COc1cc(-c2ncc(N)nc2-c2ccn(Cc3cnc4c(Cl)cc(-c5nc(O)c(N)nc5-c5ccccc5)cc4c3)n2)cc2cccnc12. The van der Waals surface area contributed by atoms with Crippen LogP contribution in [0.3, 0.4) is 0 Å². The normalized spacial score (nSPS) is 11.3. The molecule has 0 saturated heterocycles. The minimum Gasteiger partial charge on any atom is -0.494 e. The van der Waals surface area contributed by atoms with Crippen LogP contribution in [0.1, 0.15) is 5.56 Å². The molecule has 5 N–H and O–H groups in total. The Bertz CT molecular complexity index is 2580. The van der Waals surface area contributed by atoms with Crippen LogP contribution in [0.25, 0.3) is 67.0 Å². The molecule has 50 heavy (non-hydrogen) atoms. The number of halogens is 1. The summed E-state index contributed by atoms with van der Waals surface area (Å²) in [7, 11) is 1.61. The summed E-state index contributed by atoms with van der Waals surface area (Å²) < 4.78 is 7.44. The van der Waals surface area contributed by atoms with Crippen LogP contribution in [0.5, 0.6) is 11.6 Å². The highest BCUT2D eigenvalue weighted by molar-refractivity contribution is 6.35. The lowest BCUT2D eigenvalue weighted by molar-refractivity contribution is 0.419. The van der Waals surface area contributed by atoms with Crippen molar-refractivity contribution in [2.45, 2.75) is 6.54 Å². The molecule has 3 aromatic carbocycles. The number of anilines is 2. The Labute approximate surface area is 290 Å². The lowest BCUT2D eigenvalue weighted by Crippen LogP contribution is -2.03. The van der Waals surface area contributed by atoms with E-state index < -0.39 is 0 Å². The highest BCUT2D eigenvalue weighted by Gasteiger charge is 2.19. The molecule has 244 valence electrons. The molecule has 12 nitrogen and oxygen atoms in total. The second-order valence-electron chi connectivity index (χ2n) is 11.5. The second kappa shape index (κ2) is 12.4. The average molecular weight is 679 g/mol. The molecule has 0 amide bonds. The summed E-state index contributed by atoms with van der Waals surface area (Å²) in [4.78, 5) is 27.2. The molecular weight excluding hydrogens is 652 g/mol. The van der Waals surface area contributed by atoms with Crippen LogP contribution in [0.4, 0.5) is 11.6 Å². The standard InChI is InChI=1S/C37H27ClN10O2/c1-50-28-16-25(13-22-8-5-10-41-31(22)28)32-35(44-29(39)18-43-32)27-9-11-48(47-27)19-20-12-23-14-24(15-26(38)30(23)42-17-20)34-33(21-6-3-2-4-7-21)45-36(40)37(49)46-34/h2-18H,19H2,1H3,(H2,39,44)(H2,40,45)(H,46,49). The average Bonchev–Trinajstić information content (AvgIpc) is 3.60. The third kappa shape index (κ3) is 5.63. The molecule has 0 aliphatic carbocycles. The fourth-order valence-electron chi connectivity index (χ4n) is 5.92. The first-order chi connectivity index (χ1) is 24.3. The number of methoxy groups -OCH3 is 1. The van der Waals surface area contributed by atoms with E-state index in [1.54, 1.807) is 30.3 Å². The minimum absolute atomic E-state index is 0.0624. The van der Waals surface area contributed by atoms with Crippen molar-refractivity contribution in [3.8, 4) is 56.8 Å². The Morgan fingerprint density at radius 3 is 2.38 bits per heavy atom. The maximum absolute atomic E-state index is 10.4. The number of ether oxygens (including phenoxy) is 1. The molecule has 0 fully saturated rings. The van der Waals surface area contributed by atoms with Gasteiger partial charge >= 0.3 is 0 Å². The molecule has 0 spiro atoms. The number of nitrogens with two attached hydrogens (primary N) is 2. The number of hydrogen-bond donors (Lipinski definition) is 3. The number of nitrogen functional groups attached to an aromatic ring is 2. The first-order valence-electron chi connectivity index (χ1n) is 15.4. The van der Waals surface area contributed by atoms with Crippen molar-refractivity contribution in [1.29, 1.82) is 0 Å². The van der Waals surface area contributed by atoms with Gasteiger partial charge in [0.15, 0.2) is 5.82 Å². The smallest absolute Gasteiger partial charge is 0.255 e. The summed E-state index contributed by atoms with van der Waals surface area (Å²) in [5, 5.41) is 17.3. The summed E-state index contributed by atoms with van der Waals surface area (Å²) in [6, 6.07) is 24.8. The monoisotopic (exact) mass is 678 g/mol. The zero-order valence-electron chi connectivity index (χ0n) is 26.5. The number of benzene rings is 3. The fourth-order valence-corrected chi connectivity index (χ4v) is 6.19. The number of fused-ring (bicyclic) bond motifs is 2. The lowest BCUT2D eigenvalue weighted by atomic mass is 10.0. The predicted octanol–water partition coefficient (Wildman–Crippen LogP) is 6.81. The molecule has 0 aliphatic rings. The Morgan fingerprint density at radius 1 is 0.740 bits per heavy atom. The van der Waals surface area contributed by atoms with Crippen LogP contribution in [0.2, 0.25) is 5.02 Å². The Balaban J connectivity index is 1.15. The molecular formula is C37H27ClN10O2. The van der Waals surface area contributed by atoms with Crippen molar-refractivity contribution in [2.24, 2.45) is 0 Å².